The largest absolute Gasteiger partial charge is 0.334 e. The SMILES string of the molecule is CN(C(=O)CN1CCC(N)C(C)(C)C1)C(c1ccccc1)c1ccc(F)cc1.Cl. The van der Waals surface area contributed by atoms with Crippen molar-refractivity contribution in [3.63, 3.8) is 0 Å². The first-order valence-electron chi connectivity index (χ1n) is 9.82. The number of hydrogen-bond donors (Lipinski definition) is 1. The molecule has 0 bridgehead atoms. The highest BCUT2D eigenvalue weighted by atomic mass is 35.5. The Balaban J connectivity index is 0.00000300. The third-order valence-electron chi connectivity index (χ3n) is 5.83. The molecule has 2 aromatic carbocycles. The highest BCUT2D eigenvalue weighted by molar-refractivity contribution is 5.85. The second-order valence-corrected chi connectivity index (χ2v) is 8.46. The quantitative estimate of drug-likeness (QED) is 0.800. The summed E-state index contributed by atoms with van der Waals surface area (Å²) in [6.07, 6.45) is 0.893. The summed E-state index contributed by atoms with van der Waals surface area (Å²) in [5.74, 6) is -0.235. The molecule has 2 aromatic rings. The molecule has 2 N–H and O–H groups in total. The van der Waals surface area contributed by atoms with Crippen molar-refractivity contribution >= 4 is 18.3 Å². The maximum absolute atomic E-state index is 13.4. The van der Waals surface area contributed by atoms with Crippen molar-refractivity contribution in [1.82, 2.24) is 9.80 Å². The Morgan fingerprint density at radius 2 is 1.76 bits per heavy atom. The molecule has 2 unspecified atom stereocenters. The minimum absolute atomic E-state index is 0. The van der Waals surface area contributed by atoms with Crippen molar-refractivity contribution in [2.24, 2.45) is 11.1 Å². The first kappa shape index (κ1) is 23.3. The van der Waals surface area contributed by atoms with Crippen LogP contribution in [0.1, 0.15) is 37.4 Å². The van der Waals surface area contributed by atoms with Gasteiger partial charge in [0, 0.05) is 26.2 Å². The highest BCUT2D eigenvalue weighted by Gasteiger charge is 2.35. The second-order valence-electron chi connectivity index (χ2n) is 8.46. The van der Waals surface area contributed by atoms with Crippen molar-refractivity contribution in [3.05, 3.63) is 71.5 Å². The van der Waals surface area contributed by atoms with Crippen LogP contribution in [0, 0.1) is 11.2 Å². The zero-order valence-corrected chi connectivity index (χ0v) is 18.2. The summed E-state index contributed by atoms with van der Waals surface area (Å²) in [6.45, 7) is 6.31. The summed E-state index contributed by atoms with van der Waals surface area (Å²) in [5, 5.41) is 0. The lowest BCUT2D eigenvalue weighted by molar-refractivity contribution is -0.133. The van der Waals surface area contributed by atoms with Crippen molar-refractivity contribution in [2.75, 3.05) is 26.7 Å². The molecule has 1 amide bonds. The van der Waals surface area contributed by atoms with Crippen molar-refractivity contribution in [2.45, 2.75) is 32.4 Å². The van der Waals surface area contributed by atoms with Gasteiger partial charge < -0.3 is 10.6 Å². The van der Waals surface area contributed by atoms with E-state index in [4.69, 9.17) is 5.73 Å². The summed E-state index contributed by atoms with van der Waals surface area (Å²) in [6, 6.07) is 16.2. The van der Waals surface area contributed by atoms with Crippen LogP contribution in [-0.4, -0.2) is 48.4 Å². The minimum atomic E-state index is -0.281. The number of hydrogen-bond acceptors (Lipinski definition) is 3. The lowest BCUT2D eigenvalue weighted by Crippen LogP contribution is -2.54. The third-order valence-corrected chi connectivity index (χ3v) is 5.83. The number of benzene rings is 2. The first-order valence-corrected chi connectivity index (χ1v) is 9.82. The van der Waals surface area contributed by atoms with Crippen molar-refractivity contribution in [3.8, 4) is 0 Å². The number of carbonyl (C=O) groups excluding carboxylic acids is 1. The van der Waals surface area contributed by atoms with Gasteiger partial charge in [-0.25, -0.2) is 4.39 Å². The van der Waals surface area contributed by atoms with Gasteiger partial charge >= 0.3 is 0 Å². The number of likely N-dealkylation sites (tertiary alicyclic amines) is 1. The van der Waals surface area contributed by atoms with Crippen LogP contribution >= 0.6 is 12.4 Å². The molecule has 4 nitrogen and oxygen atoms in total. The van der Waals surface area contributed by atoms with Gasteiger partial charge in [0.2, 0.25) is 5.91 Å². The van der Waals surface area contributed by atoms with Gasteiger partial charge in [0.1, 0.15) is 5.82 Å². The molecule has 1 aliphatic heterocycles. The number of nitrogens with two attached hydrogens (primary N) is 1. The van der Waals surface area contributed by atoms with E-state index in [9.17, 15) is 9.18 Å². The molecule has 3 rings (SSSR count). The van der Waals surface area contributed by atoms with E-state index >= 15 is 0 Å². The van der Waals surface area contributed by atoms with Crippen LogP contribution in [-0.2, 0) is 4.79 Å². The Morgan fingerprint density at radius 1 is 1.17 bits per heavy atom. The van der Waals surface area contributed by atoms with Gasteiger partial charge in [-0.2, -0.15) is 0 Å². The molecule has 0 aromatic heterocycles. The first-order chi connectivity index (χ1) is 13.3. The lowest BCUT2D eigenvalue weighted by Gasteiger charge is -2.43. The number of rotatable bonds is 5. The molecule has 1 aliphatic rings. The number of nitrogens with zero attached hydrogens (tertiary/aromatic N) is 2. The summed E-state index contributed by atoms with van der Waals surface area (Å²) in [4.78, 5) is 17.1. The van der Waals surface area contributed by atoms with Crippen molar-refractivity contribution < 1.29 is 9.18 Å². The maximum atomic E-state index is 13.4. The van der Waals surface area contributed by atoms with Gasteiger partial charge in [-0.3, -0.25) is 9.69 Å². The summed E-state index contributed by atoms with van der Waals surface area (Å²) in [5.41, 5.74) is 8.12. The number of carbonyl (C=O) groups is 1. The molecular formula is C23H31ClFN3O. The number of piperidine rings is 1. The fraction of sp³-hybridized carbons (Fsp3) is 0.435. The zero-order chi connectivity index (χ0) is 20.3. The van der Waals surface area contributed by atoms with Crippen LogP contribution in [0.3, 0.4) is 0 Å². The van der Waals surface area contributed by atoms with Gasteiger partial charge in [0.15, 0.2) is 0 Å². The Hall–Kier alpha value is -1.95. The molecule has 0 radical (unpaired) electrons. The number of halogens is 2. The molecule has 158 valence electrons. The van der Waals surface area contributed by atoms with Crippen LogP contribution in [0.2, 0.25) is 0 Å². The minimum Gasteiger partial charge on any atom is -0.334 e. The molecule has 6 heteroatoms. The van der Waals surface area contributed by atoms with Crippen molar-refractivity contribution in [1.29, 1.82) is 0 Å². The maximum Gasteiger partial charge on any atom is 0.237 e. The van der Waals surface area contributed by atoms with Crippen LogP contribution in [0.15, 0.2) is 54.6 Å². The highest BCUT2D eigenvalue weighted by Crippen LogP contribution is 2.30. The standard InChI is InChI=1S/C23H30FN3O.ClH/c1-23(2)16-27(14-13-20(23)25)15-21(28)26(3)22(17-7-5-4-6-8-17)18-9-11-19(24)12-10-18;/h4-12,20,22H,13-16,25H2,1-3H3;1H. The smallest absolute Gasteiger partial charge is 0.237 e. The van der Waals surface area contributed by atoms with E-state index in [-0.39, 0.29) is 41.6 Å². The predicted molar refractivity (Wildman–Crippen MR) is 118 cm³/mol. The van der Waals surface area contributed by atoms with E-state index in [0.29, 0.717) is 6.54 Å². The van der Waals surface area contributed by atoms with E-state index in [1.807, 2.05) is 37.4 Å². The Morgan fingerprint density at radius 3 is 2.34 bits per heavy atom. The van der Waals surface area contributed by atoms with Gasteiger partial charge in [0.05, 0.1) is 12.6 Å². The summed E-state index contributed by atoms with van der Waals surface area (Å²) >= 11 is 0. The number of likely N-dealkylation sites (N-methyl/N-ethyl adjacent to an activating group) is 1. The molecule has 0 spiro atoms. The fourth-order valence-electron chi connectivity index (χ4n) is 3.99. The average Bonchev–Trinajstić information content (AvgIpc) is 2.67. The molecule has 1 heterocycles. The van der Waals surface area contributed by atoms with Crippen LogP contribution in [0.5, 0.6) is 0 Å². The van der Waals surface area contributed by atoms with E-state index in [2.05, 4.69) is 18.7 Å². The lowest BCUT2D eigenvalue weighted by atomic mass is 9.80. The zero-order valence-electron chi connectivity index (χ0n) is 17.3. The predicted octanol–water partition coefficient (Wildman–Crippen LogP) is 3.85. The van der Waals surface area contributed by atoms with E-state index in [0.717, 1.165) is 30.6 Å². The van der Waals surface area contributed by atoms with E-state index < -0.39 is 0 Å². The Bertz CT molecular complexity index is 798. The van der Waals surface area contributed by atoms with Crippen LogP contribution in [0.25, 0.3) is 0 Å². The summed E-state index contributed by atoms with van der Waals surface area (Å²) in [7, 11) is 1.82. The molecule has 29 heavy (non-hydrogen) atoms. The molecule has 2 atom stereocenters. The van der Waals surface area contributed by atoms with E-state index in [1.54, 1.807) is 17.0 Å². The molecular weight excluding hydrogens is 389 g/mol. The molecule has 0 saturated carbocycles. The van der Waals surface area contributed by atoms with Crippen LogP contribution < -0.4 is 5.73 Å². The normalized spacial score (nSPS) is 19.8. The van der Waals surface area contributed by atoms with Crippen LogP contribution in [0.4, 0.5) is 4.39 Å². The summed E-state index contributed by atoms with van der Waals surface area (Å²) < 4.78 is 13.4. The van der Waals surface area contributed by atoms with Gasteiger partial charge in [-0.05, 0) is 35.1 Å². The van der Waals surface area contributed by atoms with Gasteiger partial charge in [0.25, 0.3) is 0 Å². The number of amides is 1. The molecule has 1 saturated heterocycles. The topological polar surface area (TPSA) is 49.6 Å². The fourth-order valence-corrected chi connectivity index (χ4v) is 3.99. The monoisotopic (exact) mass is 419 g/mol. The second kappa shape index (κ2) is 9.70. The van der Waals surface area contributed by atoms with Gasteiger partial charge in [-0.1, -0.05) is 56.3 Å². The van der Waals surface area contributed by atoms with Gasteiger partial charge in [-0.15, -0.1) is 12.4 Å². The Labute approximate surface area is 179 Å². The average molecular weight is 420 g/mol. The Kier molecular flexibility index (Phi) is 7.80. The van der Waals surface area contributed by atoms with E-state index in [1.165, 1.54) is 12.1 Å². The molecule has 1 fully saturated rings. The molecule has 0 aliphatic carbocycles. The third kappa shape index (κ3) is 5.56.